The second kappa shape index (κ2) is 8.86. The van der Waals surface area contributed by atoms with Crippen LogP contribution in [0.4, 0.5) is 0 Å². The van der Waals surface area contributed by atoms with Gasteiger partial charge in [-0.3, -0.25) is 9.69 Å². The first-order valence-electron chi connectivity index (χ1n) is 9.12. The lowest BCUT2D eigenvalue weighted by atomic mass is 10.1. The number of tetrazole rings is 1. The van der Waals surface area contributed by atoms with Crippen LogP contribution in [-0.4, -0.2) is 70.4 Å². The second-order valence-electron chi connectivity index (χ2n) is 6.67. The minimum atomic E-state index is -0.0580. The Labute approximate surface area is 153 Å². The third-order valence-corrected chi connectivity index (χ3v) is 4.34. The summed E-state index contributed by atoms with van der Waals surface area (Å²) in [6, 6.07) is 7.46. The lowest BCUT2D eigenvalue weighted by molar-refractivity contribution is 0.0374. The van der Waals surface area contributed by atoms with Crippen LogP contribution in [0.3, 0.4) is 0 Å². The number of aromatic nitrogens is 4. The lowest BCUT2D eigenvalue weighted by Crippen LogP contribution is -2.38. The fraction of sp³-hybridized carbons (Fsp3) is 0.556. The molecule has 1 aliphatic heterocycles. The second-order valence-corrected chi connectivity index (χ2v) is 6.67. The number of amides is 1. The summed E-state index contributed by atoms with van der Waals surface area (Å²) in [5, 5.41) is 15.4. The fourth-order valence-corrected chi connectivity index (χ4v) is 2.76. The molecule has 1 amide bonds. The number of hydrogen-bond donors (Lipinski definition) is 1. The smallest absolute Gasteiger partial charge is 0.251 e. The molecular weight excluding hydrogens is 332 g/mol. The molecule has 26 heavy (non-hydrogen) atoms. The summed E-state index contributed by atoms with van der Waals surface area (Å²) in [6.45, 7) is 9.21. The summed E-state index contributed by atoms with van der Waals surface area (Å²) in [5.74, 6) is 0.508. The Balaban J connectivity index is 1.47. The zero-order valence-electron chi connectivity index (χ0n) is 15.4. The van der Waals surface area contributed by atoms with E-state index in [1.165, 1.54) is 0 Å². The predicted molar refractivity (Wildman–Crippen MR) is 97.8 cm³/mol. The third-order valence-electron chi connectivity index (χ3n) is 4.34. The maximum atomic E-state index is 12.2. The van der Waals surface area contributed by atoms with Crippen LogP contribution in [0.1, 0.15) is 36.7 Å². The van der Waals surface area contributed by atoms with Gasteiger partial charge in [0.15, 0.2) is 0 Å². The van der Waals surface area contributed by atoms with Gasteiger partial charge < -0.3 is 10.1 Å². The molecule has 3 rings (SSSR count). The minimum absolute atomic E-state index is 0.0580. The Bertz CT molecular complexity index is 707. The Morgan fingerprint density at radius 3 is 2.62 bits per heavy atom. The number of carbonyl (C=O) groups is 1. The number of carbonyl (C=O) groups excluding carboxylic acids is 1. The molecule has 0 aliphatic carbocycles. The molecule has 0 unspecified atom stereocenters. The molecule has 140 valence electrons. The Kier molecular flexibility index (Phi) is 6.30. The Hall–Kier alpha value is -2.32. The Morgan fingerprint density at radius 2 is 1.96 bits per heavy atom. The molecule has 1 aromatic heterocycles. The summed E-state index contributed by atoms with van der Waals surface area (Å²) in [7, 11) is 0. The van der Waals surface area contributed by atoms with Gasteiger partial charge in [0.1, 0.15) is 0 Å². The van der Waals surface area contributed by atoms with Crippen LogP contribution in [0, 0.1) is 0 Å². The fourth-order valence-electron chi connectivity index (χ4n) is 2.76. The maximum Gasteiger partial charge on any atom is 0.251 e. The monoisotopic (exact) mass is 358 g/mol. The quantitative estimate of drug-likeness (QED) is 0.753. The molecular formula is C18H26N6O2. The van der Waals surface area contributed by atoms with E-state index in [1.807, 2.05) is 26.0 Å². The molecule has 1 saturated heterocycles. The van der Waals surface area contributed by atoms with Gasteiger partial charge in [-0.1, -0.05) is 12.1 Å². The van der Waals surface area contributed by atoms with E-state index in [0.29, 0.717) is 17.9 Å². The minimum Gasteiger partial charge on any atom is -0.379 e. The van der Waals surface area contributed by atoms with Crippen molar-refractivity contribution in [3.8, 4) is 11.4 Å². The molecule has 8 nitrogen and oxygen atoms in total. The normalized spacial score (nSPS) is 15.3. The van der Waals surface area contributed by atoms with E-state index < -0.39 is 0 Å². The van der Waals surface area contributed by atoms with Gasteiger partial charge in [0, 0.05) is 30.8 Å². The highest BCUT2D eigenvalue weighted by Crippen LogP contribution is 2.15. The highest BCUT2D eigenvalue weighted by Gasteiger charge is 2.11. The van der Waals surface area contributed by atoms with E-state index in [9.17, 15) is 4.79 Å². The molecule has 2 aromatic rings. The van der Waals surface area contributed by atoms with Crippen molar-refractivity contribution in [2.75, 3.05) is 39.4 Å². The van der Waals surface area contributed by atoms with Crippen molar-refractivity contribution in [3.63, 3.8) is 0 Å². The Morgan fingerprint density at radius 1 is 1.23 bits per heavy atom. The molecule has 1 N–H and O–H groups in total. The van der Waals surface area contributed by atoms with Gasteiger partial charge in [-0.05, 0) is 44.2 Å². The highest BCUT2D eigenvalue weighted by molar-refractivity contribution is 5.94. The van der Waals surface area contributed by atoms with Crippen molar-refractivity contribution in [1.29, 1.82) is 0 Å². The summed E-state index contributed by atoms with van der Waals surface area (Å²) in [4.78, 5) is 16.2. The summed E-state index contributed by atoms with van der Waals surface area (Å²) >= 11 is 0. The van der Waals surface area contributed by atoms with Crippen molar-refractivity contribution < 1.29 is 9.53 Å². The van der Waals surface area contributed by atoms with Crippen LogP contribution in [0.15, 0.2) is 24.3 Å². The van der Waals surface area contributed by atoms with Crippen LogP contribution in [0.2, 0.25) is 0 Å². The van der Waals surface area contributed by atoms with Gasteiger partial charge in [0.25, 0.3) is 5.91 Å². The summed E-state index contributed by atoms with van der Waals surface area (Å²) < 4.78 is 5.33. The molecule has 0 radical (unpaired) electrons. The third kappa shape index (κ3) is 4.86. The van der Waals surface area contributed by atoms with Gasteiger partial charge in [0.2, 0.25) is 5.82 Å². The molecule has 0 spiro atoms. The SMILES string of the molecule is CC(C)n1nnc(-c2ccc(C(=O)NCCCN3CCOCC3)cc2)n1. The first kappa shape index (κ1) is 18.5. The van der Waals surface area contributed by atoms with E-state index >= 15 is 0 Å². The summed E-state index contributed by atoms with van der Waals surface area (Å²) in [5.41, 5.74) is 1.48. The number of hydrogen-bond acceptors (Lipinski definition) is 6. The number of benzene rings is 1. The standard InChI is InChI=1S/C18H26N6O2/c1-14(2)24-21-17(20-22-24)15-4-6-16(7-5-15)18(25)19-8-3-9-23-10-12-26-13-11-23/h4-7,14H,3,8-13H2,1-2H3,(H,19,25). The molecule has 1 aromatic carbocycles. The van der Waals surface area contributed by atoms with E-state index in [4.69, 9.17) is 4.74 Å². The molecule has 1 aliphatic rings. The largest absolute Gasteiger partial charge is 0.379 e. The van der Waals surface area contributed by atoms with Crippen LogP contribution >= 0.6 is 0 Å². The van der Waals surface area contributed by atoms with Crippen molar-refractivity contribution >= 4 is 5.91 Å². The van der Waals surface area contributed by atoms with Gasteiger partial charge in [0.05, 0.1) is 19.3 Å². The average molecular weight is 358 g/mol. The van der Waals surface area contributed by atoms with Crippen molar-refractivity contribution in [2.24, 2.45) is 0 Å². The van der Waals surface area contributed by atoms with Gasteiger partial charge in [-0.15, -0.1) is 10.2 Å². The first-order valence-corrected chi connectivity index (χ1v) is 9.12. The van der Waals surface area contributed by atoms with E-state index in [0.717, 1.165) is 44.8 Å². The number of morpholine rings is 1. The molecule has 8 heteroatoms. The maximum absolute atomic E-state index is 12.2. The molecule has 1 fully saturated rings. The van der Waals surface area contributed by atoms with Crippen molar-refractivity contribution in [3.05, 3.63) is 29.8 Å². The molecule has 0 atom stereocenters. The predicted octanol–water partition coefficient (Wildman–Crippen LogP) is 1.37. The van der Waals surface area contributed by atoms with E-state index in [1.54, 1.807) is 16.9 Å². The van der Waals surface area contributed by atoms with Crippen LogP contribution in [0.5, 0.6) is 0 Å². The van der Waals surface area contributed by atoms with E-state index in [-0.39, 0.29) is 11.9 Å². The topological polar surface area (TPSA) is 85.2 Å². The number of nitrogens with zero attached hydrogens (tertiary/aromatic N) is 5. The number of ether oxygens (including phenoxy) is 1. The molecule has 2 heterocycles. The van der Waals surface area contributed by atoms with Gasteiger partial charge in [-0.2, -0.15) is 4.80 Å². The zero-order chi connectivity index (χ0) is 18.4. The molecule has 0 saturated carbocycles. The number of nitrogens with one attached hydrogen (secondary N) is 1. The van der Waals surface area contributed by atoms with Crippen LogP contribution in [-0.2, 0) is 4.74 Å². The summed E-state index contributed by atoms with van der Waals surface area (Å²) in [6.07, 6.45) is 0.937. The van der Waals surface area contributed by atoms with Crippen LogP contribution in [0.25, 0.3) is 11.4 Å². The average Bonchev–Trinajstić information content (AvgIpc) is 3.17. The van der Waals surface area contributed by atoms with Crippen molar-refractivity contribution in [2.45, 2.75) is 26.3 Å². The number of rotatable bonds is 7. The van der Waals surface area contributed by atoms with Gasteiger partial charge >= 0.3 is 0 Å². The van der Waals surface area contributed by atoms with Crippen LogP contribution < -0.4 is 5.32 Å². The van der Waals surface area contributed by atoms with E-state index in [2.05, 4.69) is 25.6 Å². The molecule has 0 bridgehead atoms. The zero-order valence-corrected chi connectivity index (χ0v) is 15.4. The van der Waals surface area contributed by atoms with Crippen molar-refractivity contribution in [1.82, 2.24) is 30.4 Å². The highest BCUT2D eigenvalue weighted by atomic mass is 16.5. The first-order chi connectivity index (χ1) is 12.6. The lowest BCUT2D eigenvalue weighted by Gasteiger charge is -2.26. The van der Waals surface area contributed by atoms with Gasteiger partial charge in [-0.25, -0.2) is 0 Å².